The average Bonchev–Trinajstić information content (AvgIpc) is 2.19. The Bertz CT molecular complexity index is 402. The van der Waals surface area contributed by atoms with Gasteiger partial charge in [0.25, 0.3) is 0 Å². The number of halogens is 1. The summed E-state index contributed by atoms with van der Waals surface area (Å²) in [5.41, 5.74) is -0.250. The van der Waals surface area contributed by atoms with Crippen molar-refractivity contribution >= 4 is 21.9 Å². The number of hydrogen-bond donors (Lipinski definition) is 2. The molecule has 6 heteroatoms. The molecule has 2 N–H and O–H groups in total. The fourth-order valence-corrected chi connectivity index (χ4v) is 1.71. The molecule has 0 unspecified atom stereocenters. The molecular weight excluding hydrogens is 268 g/mol. The standard InChI is InChI=1S/C9H9BrO5/c1-14-7-5(10)3-4(9(12)13)6(11)8(7)15-2/h3,11H,1-2H3,(H,12,13). The molecule has 0 bridgehead atoms. The van der Waals surface area contributed by atoms with Crippen LogP contribution in [-0.2, 0) is 0 Å². The zero-order valence-electron chi connectivity index (χ0n) is 8.07. The maximum Gasteiger partial charge on any atom is 0.339 e. The summed E-state index contributed by atoms with van der Waals surface area (Å²) in [6.45, 7) is 0. The van der Waals surface area contributed by atoms with Gasteiger partial charge in [0.05, 0.1) is 18.7 Å². The van der Waals surface area contributed by atoms with Crippen LogP contribution in [0.15, 0.2) is 10.5 Å². The molecule has 0 aliphatic heterocycles. The lowest BCUT2D eigenvalue weighted by Gasteiger charge is -2.12. The summed E-state index contributed by atoms with van der Waals surface area (Å²) in [6, 6.07) is 1.25. The average molecular weight is 277 g/mol. The van der Waals surface area contributed by atoms with Crippen LogP contribution in [0.4, 0.5) is 0 Å². The summed E-state index contributed by atoms with van der Waals surface area (Å²) >= 11 is 3.12. The van der Waals surface area contributed by atoms with Crippen LogP contribution in [0.1, 0.15) is 10.4 Å². The van der Waals surface area contributed by atoms with Gasteiger partial charge in [-0.05, 0) is 22.0 Å². The number of carboxylic acid groups (broad SMARTS) is 1. The van der Waals surface area contributed by atoms with Gasteiger partial charge in [-0.3, -0.25) is 0 Å². The van der Waals surface area contributed by atoms with Crippen LogP contribution in [0, 0.1) is 0 Å². The highest BCUT2D eigenvalue weighted by molar-refractivity contribution is 9.10. The van der Waals surface area contributed by atoms with Crippen molar-refractivity contribution in [2.75, 3.05) is 14.2 Å². The second kappa shape index (κ2) is 4.39. The number of aromatic carboxylic acids is 1. The minimum absolute atomic E-state index is 0.00993. The lowest BCUT2D eigenvalue weighted by molar-refractivity contribution is 0.0693. The predicted molar refractivity (Wildman–Crippen MR) is 55.9 cm³/mol. The van der Waals surface area contributed by atoms with E-state index in [9.17, 15) is 9.90 Å². The molecule has 0 saturated carbocycles. The molecule has 1 aromatic carbocycles. The monoisotopic (exact) mass is 276 g/mol. The molecule has 15 heavy (non-hydrogen) atoms. The van der Waals surface area contributed by atoms with Crippen molar-refractivity contribution in [3.05, 3.63) is 16.1 Å². The van der Waals surface area contributed by atoms with Gasteiger partial charge in [-0.15, -0.1) is 0 Å². The van der Waals surface area contributed by atoms with Crippen molar-refractivity contribution in [1.29, 1.82) is 0 Å². The first kappa shape index (κ1) is 11.6. The Morgan fingerprint density at radius 1 is 1.33 bits per heavy atom. The number of hydrogen-bond acceptors (Lipinski definition) is 4. The molecule has 0 aromatic heterocycles. The second-order valence-corrected chi connectivity index (χ2v) is 3.48. The molecule has 1 aromatic rings. The van der Waals surface area contributed by atoms with E-state index in [1.165, 1.54) is 20.3 Å². The third-order valence-corrected chi connectivity index (χ3v) is 2.39. The Kier molecular flexibility index (Phi) is 3.41. The minimum Gasteiger partial charge on any atom is -0.504 e. The topological polar surface area (TPSA) is 76.0 Å². The zero-order valence-corrected chi connectivity index (χ0v) is 9.66. The number of carbonyl (C=O) groups is 1. The molecule has 0 aliphatic rings. The lowest BCUT2D eigenvalue weighted by Crippen LogP contribution is -2.01. The highest BCUT2D eigenvalue weighted by Crippen LogP contribution is 2.44. The molecule has 0 spiro atoms. The van der Waals surface area contributed by atoms with Gasteiger partial charge in [-0.2, -0.15) is 0 Å². The van der Waals surface area contributed by atoms with E-state index in [2.05, 4.69) is 15.9 Å². The summed E-state index contributed by atoms with van der Waals surface area (Å²) in [6.07, 6.45) is 0. The molecule has 0 amide bonds. The van der Waals surface area contributed by atoms with E-state index in [0.717, 1.165) is 0 Å². The quantitative estimate of drug-likeness (QED) is 0.882. The lowest BCUT2D eigenvalue weighted by atomic mass is 10.1. The van der Waals surface area contributed by atoms with Crippen LogP contribution in [0.25, 0.3) is 0 Å². The Balaban J connectivity index is 3.51. The van der Waals surface area contributed by atoms with E-state index >= 15 is 0 Å². The van der Waals surface area contributed by atoms with E-state index in [0.29, 0.717) is 4.47 Å². The number of phenols is 1. The summed E-state index contributed by atoms with van der Waals surface area (Å²) in [7, 11) is 2.71. The molecule has 0 radical (unpaired) electrons. The van der Waals surface area contributed by atoms with Gasteiger partial charge < -0.3 is 19.7 Å². The van der Waals surface area contributed by atoms with E-state index < -0.39 is 11.7 Å². The number of benzene rings is 1. The fourth-order valence-electron chi connectivity index (χ4n) is 1.14. The fraction of sp³-hybridized carbons (Fsp3) is 0.222. The van der Waals surface area contributed by atoms with Crippen LogP contribution < -0.4 is 9.47 Å². The first-order valence-electron chi connectivity index (χ1n) is 3.89. The van der Waals surface area contributed by atoms with Crippen molar-refractivity contribution < 1.29 is 24.5 Å². The van der Waals surface area contributed by atoms with Gasteiger partial charge in [-0.25, -0.2) is 4.79 Å². The van der Waals surface area contributed by atoms with Crippen LogP contribution in [0.5, 0.6) is 17.2 Å². The van der Waals surface area contributed by atoms with E-state index in [1.807, 2.05) is 0 Å². The largest absolute Gasteiger partial charge is 0.504 e. The molecular formula is C9H9BrO5. The second-order valence-electron chi connectivity index (χ2n) is 2.63. The Labute approximate surface area is 94.4 Å². The Morgan fingerprint density at radius 3 is 2.27 bits per heavy atom. The van der Waals surface area contributed by atoms with Gasteiger partial charge in [-0.1, -0.05) is 0 Å². The smallest absolute Gasteiger partial charge is 0.339 e. The zero-order chi connectivity index (χ0) is 11.6. The summed E-state index contributed by atoms with van der Waals surface area (Å²) in [5, 5.41) is 18.4. The summed E-state index contributed by atoms with van der Waals surface area (Å²) < 4.78 is 10.2. The molecule has 0 fully saturated rings. The Morgan fingerprint density at radius 2 is 1.87 bits per heavy atom. The molecule has 0 saturated heterocycles. The van der Waals surface area contributed by atoms with Crippen molar-refractivity contribution in [2.45, 2.75) is 0 Å². The van der Waals surface area contributed by atoms with Gasteiger partial charge >= 0.3 is 5.97 Å². The number of rotatable bonds is 3. The minimum atomic E-state index is -1.24. The van der Waals surface area contributed by atoms with E-state index in [-0.39, 0.29) is 17.1 Å². The molecule has 0 aliphatic carbocycles. The molecule has 0 atom stereocenters. The van der Waals surface area contributed by atoms with Gasteiger partial charge in [0.1, 0.15) is 5.56 Å². The summed E-state index contributed by atoms with van der Waals surface area (Å²) in [5.74, 6) is -1.46. The van der Waals surface area contributed by atoms with Crippen molar-refractivity contribution in [1.82, 2.24) is 0 Å². The normalized spacial score (nSPS) is 9.80. The predicted octanol–water partition coefficient (Wildman–Crippen LogP) is 1.87. The highest BCUT2D eigenvalue weighted by atomic mass is 79.9. The van der Waals surface area contributed by atoms with Crippen molar-refractivity contribution in [3.63, 3.8) is 0 Å². The third kappa shape index (κ3) is 1.99. The first-order valence-corrected chi connectivity index (χ1v) is 4.69. The maximum atomic E-state index is 10.8. The molecule has 82 valence electrons. The number of ether oxygens (including phenoxy) is 2. The van der Waals surface area contributed by atoms with Gasteiger partial charge in [0, 0.05) is 0 Å². The number of methoxy groups -OCH3 is 2. The van der Waals surface area contributed by atoms with Gasteiger partial charge in [0.15, 0.2) is 11.5 Å². The van der Waals surface area contributed by atoms with Crippen LogP contribution >= 0.6 is 15.9 Å². The SMILES string of the molecule is COc1c(Br)cc(C(=O)O)c(O)c1OC. The maximum absolute atomic E-state index is 10.8. The molecule has 0 heterocycles. The number of carboxylic acids is 1. The van der Waals surface area contributed by atoms with Crippen LogP contribution in [-0.4, -0.2) is 30.4 Å². The number of aromatic hydroxyl groups is 1. The molecule has 5 nitrogen and oxygen atoms in total. The first-order chi connectivity index (χ1) is 7.02. The van der Waals surface area contributed by atoms with Crippen LogP contribution in [0.3, 0.4) is 0 Å². The van der Waals surface area contributed by atoms with Crippen molar-refractivity contribution in [3.8, 4) is 17.2 Å². The van der Waals surface area contributed by atoms with E-state index in [4.69, 9.17) is 14.6 Å². The third-order valence-electron chi connectivity index (χ3n) is 1.80. The van der Waals surface area contributed by atoms with Crippen molar-refractivity contribution in [2.24, 2.45) is 0 Å². The Hall–Kier alpha value is -1.43. The van der Waals surface area contributed by atoms with Gasteiger partial charge in [0.2, 0.25) is 5.75 Å². The highest BCUT2D eigenvalue weighted by Gasteiger charge is 2.21. The summed E-state index contributed by atoms with van der Waals surface area (Å²) in [4.78, 5) is 10.8. The van der Waals surface area contributed by atoms with Crippen LogP contribution in [0.2, 0.25) is 0 Å². The molecule has 1 rings (SSSR count). The van der Waals surface area contributed by atoms with E-state index in [1.54, 1.807) is 0 Å².